The van der Waals surface area contributed by atoms with Gasteiger partial charge in [-0.05, 0) is 30.4 Å². The molecule has 0 spiro atoms. The van der Waals surface area contributed by atoms with Crippen LogP contribution in [0.3, 0.4) is 0 Å². The molecule has 0 atom stereocenters. The molecule has 4 nitrogen and oxygen atoms in total. The van der Waals surface area contributed by atoms with Gasteiger partial charge in [-0.1, -0.05) is 31.6 Å². The second-order valence-electron chi connectivity index (χ2n) is 5.61. The van der Waals surface area contributed by atoms with Crippen molar-refractivity contribution < 1.29 is 4.79 Å². The maximum absolute atomic E-state index is 12.3. The maximum atomic E-state index is 12.3. The van der Waals surface area contributed by atoms with Crippen LogP contribution in [0.5, 0.6) is 0 Å². The lowest BCUT2D eigenvalue weighted by molar-refractivity contribution is 0.0929. The molecule has 0 unspecified atom stereocenters. The molecule has 1 heterocycles. The molecule has 0 radical (unpaired) electrons. The first-order valence-electron chi connectivity index (χ1n) is 7.07. The second-order valence-corrected chi connectivity index (χ2v) is 5.61. The topological polar surface area (TPSA) is 68.0 Å². The van der Waals surface area contributed by atoms with Crippen LogP contribution in [0.4, 0.5) is 0 Å². The zero-order valence-electron chi connectivity index (χ0n) is 11.9. The van der Waals surface area contributed by atoms with E-state index in [9.17, 15) is 4.79 Å². The van der Waals surface area contributed by atoms with Gasteiger partial charge in [-0.3, -0.25) is 4.79 Å². The van der Waals surface area contributed by atoms with Crippen LogP contribution in [0.2, 0.25) is 0 Å². The number of hydrogen-bond acceptors (Lipinski definition) is 3. The number of rotatable bonds is 3. The molecule has 0 aliphatic heterocycles. The molecule has 1 aromatic heterocycles. The van der Waals surface area contributed by atoms with E-state index >= 15 is 0 Å². The smallest absolute Gasteiger partial charge is 0.271 e. The molecule has 0 saturated heterocycles. The van der Waals surface area contributed by atoms with E-state index in [0.717, 1.165) is 0 Å². The third-order valence-electron chi connectivity index (χ3n) is 3.83. The summed E-state index contributed by atoms with van der Waals surface area (Å²) in [7, 11) is 0. The summed E-state index contributed by atoms with van der Waals surface area (Å²) in [4.78, 5) is 16.4. The summed E-state index contributed by atoms with van der Waals surface area (Å²) < 4.78 is 0. The number of amides is 1. The first-order valence-corrected chi connectivity index (χ1v) is 7.07. The van der Waals surface area contributed by atoms with Crippen molar-refractivity contribution in [3.05, 3.63) is 29.6 Å². The Kier molecular flexibility index (Phi) is 4.75. The molecule has 0 aromatic carbocycles. The number of nitrogens with zero attached hydrogens (tertiary/aromatic N) is 1. The number of carbonyl (C=O) groups is 1. The number of carbonyl (C=O) groups excluding carboxylic acids is 1. The van der Waals surface area contributed by atoms with E-state index in [1.54, 1.807) is 18.3 Å². The van der Waals surface area contributed by atoms with E-state index in [1.807, 2.05) is 0 Å². The first-order chi connectivity index (χ1) is 9.64. The summed E-state index contributed by atoms with van der Waals surface area (Å²) in [6.45, 7) is 3.20. The maximum Gasteiger partial charge on any atom is 0.271 e. The molecule has 1 aromatic rings. The van der Waals surface area contributed by atoms with Crippen LogP contribution in [-0.2, 0) is 0 Å². The Morgan fingerprint density at radius 1 is 1.50 bits per heavy atom. The van der Waals surface area contributed by atoms with E-state index < -0.39 is 0 Å². The highest BCUT2D eigenvalue weighted by Crippen LogP contribution is 2.36. The van der Waals surface area contributed by atoms with E-state index in [4.69, 9.17) is 5.73 Å². The van der Waals surface area contributed by atoms with Crippen LogP contribution < -0.4 is 11.1 Å². The minimum absolute atomic E-state index is 0.153. The number of aromatic nitrogens is 1. The number of pyridine rings is 1. The summed E-state index contributed by atoms with van der Waals surface area (Å²) >= 11 is 0. The van der Waals surface area contributed by atoms with Crippen molar-refractivity contribution in [2.75, 3.05) is 13.1 Å². The molecule has 1 fully saturated rings. The van der Waals surface area contributed by atoms with Gasteiger partial charge >= 0.3 is 0 Å². The van der Waals surface area contributed by atoms with E-state index in [2.05, 4.69) is 29.1 Å². The SMILES string of the molecule is CC1(CNC(=O)c2ncccc2C#CCN)CCCC1. The highest BCUT2D eigenvalue weighted by molar-refractivity contribution is 5.94. The van der Waals surface area contributed by atoms with Gasteiger partial charge in [-0.15, -0.1) is 0 Å². The molecule has 1 aliphatic rings. The Bertz CT molecular complexity index is 536. The first kappa shape index (κ1) is 14.5. The van der Waals surface area contributed by atoms with Crippen molar-refractivity contribution in [2.24, 2.45) is 11.1 Å². The summed E-state index contributed by atoms with van der Waals surface area (Å²) in [5.74, 6) is 5.50. The normalized spacial score (nSPS) is 16.3. The quantitative estimate of drug-likeness (QED) is 0.822. The molecule has 4 heteroatoms. The molecule has 0 bridgehead atoms. The lowest BCUT2D eigenvalue weighted by atomic mass is 9.89. The second kappa shape index (κ2) is 6.53. The van der Waals surface area contributed by atoms with Crippen LogP contribution >= 0.6 is 0 Å². The van der Waals surface area contributed by atoms with E-state index in [1.165, 1.54) is 25.7 Å². The van der Waals surface area contributed by atoms with Crippen LogP contribution in [0, 0.1) is 17.3 Å². The fourth-order valence-electron chi connectivity index (χ4n) is 2.62. The predicted octanol–water partition coefficient (Wildman–Crippen LogP) is 1.70. The average Bonchev–Trinajstić information content (AvgIpc) is 2.90. The fourth-order valence-corrected chi connectivity index (χ4v) is 2.62. The van der Waals surface area contributed by atoms with Gasteiger partial charge in [-0.2, -0.15) is 0 Å². The van der Waals surface area contributed by atoms with Gasteiger partial charge < -0.3 is 11.1 Å². The van der Waals surface area contributed by atoms with E-state index in [-0.39, 0.29) is 17.9 Å². The standard InChI is InChI=1S/C16H21N3O/c1-16(8-2-3-9-16)12-19-15(20)14-13(6-4-10-17)7-5-11-18-14/h5,7,11H,2-3,8-10,12,17H2,1H3,(H,19,20). The van der Waals surface area contributed by atoms with Gasteiger partial charge in [0.15, 0.2) is 0 Å². The lowest BCUT2D eigenvalue weighted by Gasteiger charge is -2.23. The Labute approximate surface area is 120 Å². The van der Waals surface area contributed by atoms with Crippen molar-refractivity contribution >= 4 is 5.91 Å². The summed E-state index contributed by atoms with van der Waals surface area (Å²) in [5.41, 5.74) is 6.61. The van der Waals surface area contributed by atoms with Crippen LogP contribution in [-0.4, -0.2) is 24.0 Å². The minimum Gasteiger partial charge on any atom is -0.350 e. The molecule has 2 rings (SSSR count). The Hall–Kier alpha value is -1.86. The molecule has 106 valence electrons. The van der Waals surface area contributed by atoms with Gasteiger partial charge in [0, 0.05) is 12.7 Å². The zero-order valence-corrected chi connectivity index (χ0v) is 11.9. The van der Waals surface area contributed by atoms with Gasteiger partial charge in [0.2, 0.25) is 0 Å². The minimum atomic E-state index is -0.153. The van der Waals surface area contributed by atoms with Gasteiger partial charge in [-0.25, -0.2) is 4.98 Å². The molecule has 1 saturated carbocycles. The summed E-state index contributed by atoms with van der Waals surface area (Å²) in [6, 6.07) is 3.57. The molecule has 20 heavy (non-hydrogen) atoms. The molecule has 3 N–H and O–H groups in total. The lowest BCUT2D eigenvalue weighted by Crippen LogP contribution is -2.34. The van der Waals surface area contributed by atoms with Crippen molar-refractivity contribution in [3.8, 4) is 11.8 Å². The van der Waals surface area contributed by atoms with Gasteiger partial charge in [0.1, 0.15) is 5.69 Å². The van der Waals surface area contributed by atoms with Crippen molar-refractivity contribution in [3.63, 3.8) is 0 Å². The van der Waals surface area contributed by atoms with Gasteiger partial charge in [0.05, 0.1) is 12.1 Å². The summed E-state index contributed by atoms with van der Waals surface area (Å²) in [6.07, 6.45) is 6.47. The van der Waals surface area contributed by atoms with Crippen molar-refractivity contribution in [1.29, 1.82) is 0 Å². The zero-order chi connectivity index (χ0) is 14.4. The molecule has 1 amide bonds. The largest absolute Gasteiger partial charge is 0.350 e. The highest BCUT2D eigenvalue weighted by Gasteiger charge is 2.29. The molecular formula is C16H21N3O. The fraction of sp³-hybridized carbons (Fsp3) is 0.500. The number of nitrogens with one attached hydrogen (secondary N) is 1. The van der Waals surface area contributed by atoms with Crippen LogP contribution in [0.15, 0.2) is 18.3 Å². The van der Waals surface area contributed by atoms with E-state index in [0.29, 0.717) is 17.8 Å². The molecule has 1 aliphatic carbocycles. The highest BCUT2D eigenvalue weighted by atomic mass is 16.1. The Morgan fingerprint density at radius 3 is 2.95 bits per heavy atom. The van der Waals surface area contributed by atoms with Gasteiger partial charge in [0.25, 0.3) is 5.91 Å². The van der Waals surface area contributed by atoms with Crippen LogP contribution in [0.25, 0.3) is 0 Å². The summed E-state index contributed by atoms with van der Waals surface area (Å²) in [5, 5.41) is 3.00. The predicted molar refractivity (Wildman–Crippen MR) is 79.1 cm³/mol. The van der Waals surface area contributed by atoms with Crippen molar-refractivity contribution in [1.82, 2.24) is 10.3 Å². The average molecular weight is 271 g/mol. The monoisotopic (exact) mass is 271 g/mol. The van der Waals surface area contributed by atoms with Crippen LogP contribution in [0.1, 0.15) is 48.7 Å². The Balaban J connectivity index is 2.05. The third-order valence-corrected chi connectivity index (χ3v) is 3.83. The third kappa shape index (κ3) is 3.58. The number of nitrogens with two attached hydrogens (primary N) is 1. The van der Waals surface area contributed by atoms with Crippen molar-refractivity contribution in [2.45, 2.75) is 32.6 Å². The molecular weight excluding hydrogens is 250 g/mol. The Morgan fingerprint density at radius 2 is 2.25 bits per heavy atom. The number of hydrogen-bond donors (Lipinski definition) is 2.